The smallest absolute Gasteiger partial charge is 0.410 e. The number of rotatable bonds is 21. The van der Waals surface area contributed by atoms with Gasteiger partial charge in [0.2, 0.25) is 23.6 Å². The van der Waals surface area contributed by atoms with Crippen LogP contribution in [0.3, 0.4) is 0 Å². The molecule has 3 aromatic rings. The van der Waals surface area contributed by atoms with E-state index in [9.17, 15) is 33.6 Å². The van der Waals surface area contributed by atoms with Crippen molar-refractivity contribution in [2.75, 3.05) is 33.7 Å². The van der Waals surface area contributed by atoms with Crippen molar-refractivity contribution in [1.29, 1.82) is 0 Å². The Bertz CT molecular complexity index is 2340. The van der Waals surface area contributed by atoms with E-state index in [1.807, 2.05) is 128 Å². The van der Waals surface area contributed by atoms with Crippen LogP contribution in [-0.4, -0.2) is 115 Å². The lowest BCUT2D eigenvalue weighted by Crippen LogP contribution is -2.62. The first-order valence-electron chi connectivity index (χ1n) is 26.4. The van der Waals surface area contributed by atoms with E-state index in [0.717, 1.165) is 46.4 Å². The standard InChI is InChI=1S/C47H65N7O7S.C9H19NO2.C3H8/c1-31(40(56)52-62-35-24-22-33(23-25-35)29-49-37(55)30-50-41(57)36(48)28-32-18-14-12-15-19-32)26-27-53(10)43(59)38(45(2,3)4)51-42(58)39(54(11)44(60)61-46(5,6)7)47(8,9)34-20-16-13-17-21-34;1-5-6-7-10-8(11)12-9(2,3)4;1-3-2/h12-26,36,38-39H,27-30,48H2,1-11H3,(H,49,55)(H,50,57)(H,51,58)(H,52,56);5-7H2,1-4H3,(H,10,11);3H2,1-2H3/b31-26+;;. The Balaban J connectivity index is 0.00000172. The molecule has 0 saturated heterocycles. The van der Waals surface area contributed by atoms with Crippen molar-refractivity contribution in [3.05, 3.63) is 113 Å². The van der Waals surface area contributed by atoms with Gasteiger partial charge in [-0.15, -0.1) is 0 Å². The van der Waals surface area contributed by atoms with Gasteiger partial charge in [0, 0.05) is 49.6 Å². The summed E-state index contributed by atoms with van der Waals surface area (Å²) < 4.78 is 13.5. The van der Waals surface area contributed by atoms with Gasteiger partial charge >= 0.3 is 12.2 Å². The van der Waals surface area contributed by atoms with Gasteiger partial charge in [0.05, 0.1) is 12.6 Å². The lowest BCUT2D eigenvalue weighted by Gasteiger charge is -2.42. The number of hydrogen-bond donors (Lipinski definition) is 6. The van der Waals surface area contributed by atoms with Crippen LogP contribution in [0.2, 0.25) is 0 Å². The second-order valence-electron chi connectivity index (χ2n) is 22.5. The second-order valence-corrected chi connectivity index (χ2v) is 23.3. The Hall–Kier alpha value is -6.40. The van der Waals surface area contributed by atoms with Crippen molar-refractivity contribution in [2.24, 2.45) is 11.1 Å². The second kappa shape index (κ2) is 33.0. The van der Waals surface area contributed by atoms with Crippen LogP contribution in [0, 0.1) is 5.41 Å². The van der Waals surface area contributed by atoms with Crippen molar-refractivity contribution in [3.8, 4) is 0 Å². The Morgan fingerprint density at radius 3 is 1.77 bits per heavy atom. The largest absolute Gasteiger partial charge is 0.444 e. The predicted molar refractivity (Wildman–Crippen MR) is 309 cm³/mol. The van der Waals surface area contributed by atoms with Crippen LogP contribution in [0.15, 0.2) is 101 Å². The molecule has 7 N–H and O–H groups in total. The minimum absolute atomic E-state index is 0.0898. The lowest BCUT2D eigenvalue weighted by molar-refractivity contribution is -0.140. The van der Waals surface area contributed by atoms with E-state index in [1.54, 1.807) is 53.0 Å². The third-order valence-electron chi connectivity index (χ3n) is 11.3. The van der Waals surface area contributed by atoms with Crippen LogP contribution in [0.1, 0.15) is 140 Å². The topological polar surface area (TPSA) is 231 Å². The van der Waals surface area contributed by atoms with E-state index < -0.39 is 58.1 Å². The molecule has 0 spiro atoms. The molecule has 0 aliphatic rings. The molecule has 0 fully saturated rings. The summed E-state index contributed by atoms with van der Waals surface area (Å²) in [6, 6.07) is 23.2. The SMILES string of the molecule is C/C(=C\CN(C)C(=O)C(NC(=O)C(N(C)C(=O)OC(C)(C)C)C(C)(C)c1ccccc1)C(C)(C)C)C(=O)NSc1ccc(CNC(=O)CNC(=O)C(N)Cc2ccccc2)cc1.CCC.CCCCNC(=O)OC(C)(C)C. The van der Waals surface area contributed by atoms with Gasteiger partial charge in [-0.1, -0.05) is 147 Å². The molecule has 0 aliphatic heterocycles. The number of carbonyl (C=O) groups excluding carboxylic acids is 7. The van der Waals surface area contributed by atoms with Gasteiger partial charge in [0.1, 0.15) is 23.3 Å². The third kappa shape index (κ3) is 27.0. The van der Waals surface area contributed by atoms with Gasteiger partial charge in [-0.3, -0.25) is 33.6 Å². The highest BCUT2D eigenvalue weighted by Crippen LogP contribution is 2.32. The summed E-state index contributed by atoms with van der Waals surface area (Å²) in [6.45, 7) is 28.9. The monoisotopic (exact) mass is 1090 g/mol. The molecule has 0 aliphatic carbocycles. The molecule has 18 heteroatoms. The zero-order valence-corrected chi connectivity index (χ0v) is 49.9. The molecule has 428 valence electrons. The molecule has 0 saturated carbocycles. The van der Waals surface area contributed by atoms with Crippen LogP contribution in [0.25, 0.3) is 0 Å². The number of nitrogens with two attached hydrogens (primary N) is 1. The summed E-state index contributed by atoms with van der Waals surface area (Å²) in [5.41, 5.74) is 6.14. The normalized spacial score (nSPS) is 12.8. The number of nitrogens with zero attached hydrogens (tertiary/aromatic N) is 2. The maximum absolute atomic E-state index is 14.4. The number of benzene rings is 3. The fraction of sp³-hybridized carbons (Fsp3) is 0.542. The molecule has 3 aromatic carbocycles. The maximum atomic E-state index is 14.4. The lowest BCUT2D eigenvalue weighted by atomic mass is 9.76. The molecule has 17 nitrogen and oxygen atoms in total. The van der Waals surface area contributed by atoms with E-state index in [2.05, 4.69) is 46.8 Å². The average Bonchev–Trinajstić information content (AvgIpc) is 3.34. The van der Waals surface area contributed by atoms with E-state index in [1.165, 1.54) is 23.3 Å². The van der Waals surface area contributed by atoms with Gasteiger partial charge < -0.3 is 41.4 Å². The van der Waals surface area contributed by atoms with Crippen molar-refractivity contribution < 1.29 is 43.0 Å². The van der Waals surface area contributed by atoms with Crippen molar-refractivity contribution in [1.82, 2.24) is 35.8 Å². The fourth-order valence-electron chi connectivity index (χ4n) is 7.06. The predicted octanol–water partition coefficient (Wildman–Crippen LogP) is 8.99. The molecular formula is C59H92N8O9S. The Morgan fingerprint density at radius 2 is 1.25 bits per heavy atom. The number of likely N-dealkylation sites (N-methyl/N-ethyl adjacent to an activating group) is 2. The van der Waals surface area contributed by atoms with Gasteiger partial charge in [-0.25, -0.2) is 9.59 Å². The molecule has 7 amide bonds. The van der Waals surface area contributed by atoms with E-state index in [-0.39, 0.29) is 43.4 Å². The van der Waals surface area contributed by atoms with Gasteiger partial charge in [0.25, 0.3) is 5.91 Å². The molecule has 3 atom stereocenters. The molecule has 3 rings (SSSR count). The summed E-state index contributed by atoms with van der Waals surface area (Å²) in [6.07, 6.45) is 4.33. The zero-order chi connectivity index (χ0) is 58.7. The number of ether oxygens (including phenoxy) is 2. The number of nitrogens with one attached hydrogen (secondary N) is 5. The summed E-state index contributed by atoms with van der Waals surface area (Å²) in [4.78, 5) is 94.0. The van der Waals surface area contributed by atoms with Crippen LogP contribution >= 0.6 is 11.9 Å². The van der Waals surface area contributed by atoms with Gasteiger partial charge in [0.15, 0.2) is 0 Å². The molecule has 0 aromatic heterocycles. The maximum Gasteiger partial charge on any atom is 0.410 e. The number of unbranched alkanes of at least 4 members (excludes halogenated alkanes) is 1. The molecule has 77 heavy (non-hydrogen) atoms. The molecule has 3 unspecified atom stereocenters. The van der Waals surface area contributed by atoms with Crippen molar-refractivity contribution in [3.63, 3.8) is 0 Å². The molecular weight excluding hydrogens is 997 g/mol. The number of hydrogen-bond acceptors (Lipinski definition) is 11. The third-order valence-corrected chi connectivity index (χ3v) is 12.1. The summed E-state index contributed by atoms with van der Waals surface area (Å²) in [5.74, 6) is -2.01. The Kier molecular flexibility index (Phi) is 29.4. The van der Waals surface area contributed by atoms with Crippen LogP contribution in [-0.2, 0) is 51.8 Å². The van der Waals surface area contributed by atoms with Gasteiger partial charge in [-0.05, 0) is 107 Å². The highest BCUT2D eigenvalue weighted by Gasteiger charge is 2.45. The van der Waals surface area contributed by atoms with E-state index >= 15 is 0 Å². The molecule has 0 radical (unpaired) electrons. The van der Waals surface area contributed by atoms with Crippen molar-refractivity contribution >= 4 is 53.7 Å². The highest BCUT2D eigenvalue weighted by atomic mass is 32.2. The minimum atomic E-state index is -1.05. The first-order chi connectivity index (χ1) is 35.8. The summed E-state index contributed by atoms with van der Waals surface area (Å²) in [7, 11) is 3.12. The first kappa shape index (κ1) is 68.6. The number of carbonyl (C=O) groups is 7. The minimum Gasteiger partial charge on any atom is -0.444 e. The highest BCUT2D eigenvalue weighted by molar-refractivity contribution is 7.98. The van der Waals surface area contributed by atoms with Crippen LogP contribution in [0.5, 0.6) is 0 Å². The number of alkyl carbamates (subject to hydrolysis) is 1. The quantitative estimate of drug-likeness (QED) is 0.0335. The van der Waals surface area contributed by atoms with Crippen molar-refractivity contribution in [2.45, 2.75) is 176 Å². The van der Waals surface area contributed by atoms with Gasteiger partial charge in [-0.2, -0.15) is 0 Å². The first-order valence-corrected chi connectivity index (χ1v) is 27.2. The molecule has 0 heterocycles. The summed E-state index contributed by atoms with van der Waals surface area (Å²) in [5, 5.41) is 11.0. The van der Waals surface area contributed by atoms with E-state index in [4.69, 9.17) is 15.2 Å². The Labute approximate surface area is 464 Å². The average molecular weight is 1090 g/mol. The fourth-order valence-corrected chi connectivity index (χ4v) is 7.71. The number of amides is 7. The molecule has 0 bridgehead atoms. The van der Waals surface area contributed by atoms with E-state index in [0.29, 0.717) is 18.5 Å². The van der Waals surface area contributed by atoms with Crippen LogP contribution in [0.4, 0.5) is 9.59 Å². The van der Waals surface area contributed by atoms with Crippen LogP contribution < -0.4 is 31.7 Å². The zero-order valence-electron chi connectivity index (χ0n) is 49.1. The summed E-state index contributed by atoms with van der Waals surface area (Å²) >= 11 is 1.12. The Morgan fingerprint density at radius 1 is 0.701 bits per heavy atom.